The molecule has 4 rings (SSSR count). The lowest BCUT2D eigenvalue weighted by atomic mass is 10.1. The molecule has 1 atom stereocenters. The van der Waals surface area contributed by atoms with Crippen LogP contribution in [0.5, 0.6) is 0 Å². The molecule has 0 spiro atoms. The summed E-state index contributed by atoms with van der Waals surface area (Å²) in [6, 6.07) is -0.128. The lowest BCUT2D eigenvalue weighted by Gasteiger charge is -2.21. The number of aryl methyl sites for hydroxylation is 1. The highest BCUT2D eigenvalue weighted by molar-refractivity contribution is 5.94. The summed E-state index contributed by atoms with van der Waals surface area (Å²) in [5.41, 5.74) is 2.78. The second-order valence-corrected chi connectivity index (χ2v) is 6.68. The Labute approximate surface area is 134 Å². The van der Waals surface area contributed by atoms with E-state index in [0.717, 1.165) is 43.4 Å². The van der Waals surface area contributed by atoms with E-state index in [9.17, 15) is 4.79 Å². The summed E-state index contributed by atoms with van der Waals surface area (Å²) in [5, 5.41) is 11.3. The van der Waals surface area contributed by atoms with Gasteiger partial charge in [-0.1, -0.05) is 19.0 Å². The van der Waals surface area contributed by atoms with Crippen LogP contribution in [0.4, 0.5) is 0 Å². The minimum atomic E-state index is -0.128. The zero-order chi connectivity index (χ0) is 16.0. The quantitative estimate of drug-likeness (QED) is 0.939. The Morgan fingerprint density at radius 2 is 2.22 bits per heavy atom. The molecule has 2 aromatic rings. The predicted molar refractivity (Wildman–Crippen MR) is 82.0 cm³/mol. The van der Waals surface area contributed by atoms with Gasteiger partial charge in [0.15, 0.2) is 11.5 Å². The van der Waals surface area contributed by atoms with Gasteiger partial charge in [0, 0.05) is 23.7 Å². The molecule has 1 amide bonds. The van der Waals surface area contributed by atoms with Crippen LogP contribution in [0.25, 0.3) is 0 Å². The van der Waals surface area contributed by atoms with Crippen molar-refractivity contribution in [2.75, 3.05) is 6.54 Å². The monoisotopic (exact) mass is 315 g/mol. The van der Waals surface area contributed by atoms with E-state index in [1.54, 1.807) is 0 Å². The molecule has 122 valence electrons. The van der Waals surface area contributed by atoms with E-state index < -0.39 is 0 Å². The Morgan fingerprint density at radius 3 is 3.00 bits per heavy atom. The Morgan fingerprint density at radius 1 is 1.35 bits per heavy atom. The summed E-state index contributed by atoms with van der Waals surface area (Å²) in [5.74, 6) is 1.44. The molecule has 7 heteroatoms. The van der Waals surface area contributed by atoms with Crippen molar-refractivity contribution < 1.29 is 9.32 Å². The number of aromatic amines is 1. The second-order valence-electron chi connectivity index (χ2n) is 6.68. The number of nitrogens with one attached hydrogen (secondary N) is 1. The van der Waals surface area contributed by atoms with Gasteiger partial charge in [-0.15, -0.1) is 0 Å². The Hall–Kier alpha value is -2.18. The smallest absolute Gasteiger partial charge is 0.275 e. The fraction of sp³-hybridized carbons (Fsp3) is 0.625. The normalized spacial score (nSPS) is 20.5. The molecule has 0 bridgehead atoms. The highest BCUT2D eigenvalue weighted by atomic mass is 16.5. The molecule has 0 saturated carbocycles. The molecule has 1 aliphatic carbocycles. The van der Waals surface area contributed by atoms with Crippen LogP contribution in [0.2, 0.25) is 0 Å². The first kappa shape index (κ1) is 14.4. The minimum absolute atomic E-state index is 0.0174. The van der Waals surface area contributed by atoms with E-state index in [1.807, 2.05) is 18.7 Å². The minimum Gasteiger partial charge on any atom is -0.337 e. The van der Waals surface area contributed by atoms with E-state index in [-0.39, 0.29) is 17.9 Å². The second kappa shape index (κ2) is 5.47. The van der Waals surface area contributed by atoms with Crippen LogP contribution in [-0.2, 0) is 12.8 Å². The molecule has 0 aromatic carbocycles. The third-order valence-electron chi connectivity index (χ3n) is 4.78. The Kier molecular flexibility index (Phi) is 3.43. The molecule has 23 heavy (non-hydrogen) atoms. The largest absolute Gasteiger partial charge is 0.337 e. The molecule has 0 radical (unpaired) electrons. The van der Waals surface area contributed by atoms with Crippen LogP contribution in [0.3, 0.4) is 0 Å². The maximum absolute atomic E-state index is 12.9. The van der Waals surface area contributed by atoms with Gasteiger partial charge in [0.05, 0.1) is 0 Å². The van der Waals surface area contributed by atoms with Crippen molar-refractivity contribution in [1.29, 1.82) is 0 Å². The molecular weight excluding hydrogens is 294 g/mol. The fourth-order valence-electron chi connectivity index (χ4n) is 3.52. The number of nitrogens with zero attached hydrogens (tertiary/aromatic N) is 4. The summed E-state index contributed by atoms with van der Waals surface area (Å²) >= 11 is 0. The number of H-pyrrole nitrogens is 1. The molecule has 1 fully saturated rings. The Balaban J connectivity index is 1.60. The lowest BCUT2D eigenvalue weighted by molar-refractivity contribution is 0.0703. The van der Waals surface area contributed by atoms with Crippen molar-refractivity contribution in [2.45, 2.75) is 57.9 Å². The highest BCUT2D eigenvalue weighted by Gasteiger charge is 2.37. The molecular formula is C16H21N5O2. The van der Waals surface area contributed by atoms with E-state index in [4.69, 9.17) is 4.52 Å². The van der Waals surface area contributed by atoms with Crippen molar-refractivity contribution in [2.24, 2.45) is 0 Å². The van der Waals surface area contributed by atoms with Crippen LogP contribution < -0.4 is 0 Å². The van der Waals surface area contributed by atoms with Gasteiger partial charge in [-0.3, -0.25) is 9.89 Å². The van der Waals surface area contributed by atoms with Crippen molar-refractivity contribution in [3.05, 3.63) is 28.7 Å². The van der Waals surface area contributed by atoms with Gasteiger partial charge < -0.3 is 9.42 Å². The summed E-state index contributed by atoms with van der Waals surface area (Å²) in [6.07, 6.45) is 4.82. The maximum Gasteiger partial charge on any atom is 0.275 e. The van der Waals surface area contributed by atoms with Crippen LogP contribution in [0.15, 0.2) is 4.52 Å². The van der Waals surface area contributed by atoms with E-state index >= 15 is 0 Å². The number of fused-ring (bicyclic) bond motifs is 1. The summed E-state index contributed by atoms with van der Waals surface area (Å²) in [6.45, 7) is 4.77. The third-order valence-corrected chi connectivity index (χ3v) is 4.78. The highest BCUT2D eigenvalue weighted by Crippen LogP contribution is 2.34. The van der Waals surface area contributed by atoms with E-state index in [2.05, 4.69) is 20.3 Å². The van der Waals surface area contributed by atoms with Crippen molar-refractivity contribution in [3.63, 3.8) is 0 Å². The number of aromatic nitrogens is 4. The van der Waals surface area contributed by atoms with Crippen LogP contribution >= 0.6 is 0 Å². The van der Waals surface area contributed by atoms with Gasteiger partial charge in [0.2, 0.25) is 5.89 Å². The van der Waals surface area contributed by atoms with Crippen molar-refractivity contribution >= 4 is 5.91 Å². The number of likely N-dealkylation sites (tertiary alicyclic amines) is 1. The number of carbonyl (C=O) groups excluding carboxylic acids is 1. The SMILES string of the molecule is CC(C)c1noc([C@H]2CCCN2C(=O)c2n[nH]c3c2CCC3)n1. The van der Waals surface area contributed by atoms with E-state index in [1.165, 1.54) is 0 Å². The molecule has 0 unspecified atom stereocenters. The molecule has 3 heterocycles. The summed E-state index contributed by atoms with van der Waals surface area (Å²) < 4.78 is 5.42. The third kappa shape index (κ3) is 2.34. The molecule has 7 nitrogen and oxygen atoms in total. The topological polar surface area (TPSA) is 87.9 Å². The standard InChI is InChI=1S/C16H21N5O2/c1-9(2)14-17-15(23-20-14)12-7-4-8-21(12)16(22)13-10-5-3-6-11(10)18-19-13/h9,12H,3-8H2,1-2H3,(H,18,19)/t12-/m1/s1. The average Bonchev–Trinajstić information content (AvgIpc) is 3.27. The van der Waals surface area contributed by atoms with E-state index in [0.29, 0.717) is 24.0 Å². The number of hydrogen-bond acceptors (Lipinski definition) is 5. The van der Waals surface area contributed by atoms with Gasteiger partial charge in [-0.2, -0.15) is 10.1 Å². The zero-order valence-corrected chi connectivity index (χ0v) is 13.5. The van der Waals surface area contributed by atoms with Gasteiger partial charge in [-0.25, -0.2) is 0 Å². The van der Waals surface area contributed by atoms with Gasteiger partial charge in [0.1, 0.15) is 6.04 Å². The number of hydrogen-bond donors (Lipinski definition) is 1. The number of carbonyl (C=O) groups is 1. The number of amides is 1. The average molecular weight is 315 g/mol. The van der Waals surface area contributed by atoms with Crippen molar-refractivity contribution in [3.8, 4) is 0 Å². The first-order chi connectivity index (χ1) is 11.1. The molecule has 1 N–H and O–H groups in total. The molecule has 2 aliphatic rings. The number of rotatable bonds is 3. The Bertz CT molecular complexity index is 733. The first-order valence-corrected chi connectivity index (χ1v) is 8.35. The molecule has 2 aromatic heterocycles. The summed E-state index contributed by atoms with van der Waals surface area (Å²) in [4.78, 5) is 19.3. The molecule has 1 aliphatic heterocycles. The van der Waals surface area contributed by atoms with Crippen LogP contribution in [0, 0.1) is 0 Å². The van der Waals surface area contributed by atoms with Gasteiger partial charge >= 0.3 is 0 Å². The maximum atomic E-state index is 12.9. The van der Waals surface area contributed by atoms with Gasteiger partial charge in [-0.05, 0) is 32.1 Å². The van der Waals surface area contributed by atoms with Crippen molar-refractivity contribution in [1.82, 2.24) is 25.2 Å². The zero-order valence-electron chi connectivity index (χ0n) is 13.5. The molecule has 1 saturated heterocycles. The van der Waals surface area contributed by atoms with Crippen LogP contribution in [0.1, 0.15) is 78.5 Å². The predicted octanol–water partition coefficient (Wildman–Crippen LogP) is 2.38. The van der Waals surface area contributed by atoms with Crippen LogP contribution in [-0.4, -0.2) is 37.7 Å². The lowest BCUT2D eigenvalue weighted by Crippen LogP contribution is -2.31. The summed E-state index contributed by atoms with van der Waals surface area (Å²) in [7, 11) is 0. The van der Waals surface area contributed by atoms with Gasteiger partial charge in [0.25, 0.3) is 5.91 Å². The fourth-order valence-corrected chi connectivity index (χ4v) is 3.52. The first-order valence-electron chi connectivity index (χ1n) is 8.35.